The smallest absolute Gasteiger partial charge is 0.180 e. The van der Waals surface area contributed by atoms with E-state index in [9.17, 15) is 0 Å². The van der Waals surface area contributed by atoms with Crippen LogP contribution in [0.3, 0.4) is 0 Å². The van der Waals surface area contributed by atoms with Crippen molar-refractivity contribution in [2.45, 2.75) is 19.9 Å². The van der Waals surface area contributed by atoms with Crippen molar-refractivity contribution >= 4 is 16.5 Å². The van der Waals surface area contributed by atoms with Crippen molar-refractivity contribution in [3.8, 4) is 11.3 Å². The van der Waals surface area contributed by atoms with Crippen LogP contribution in [-0.2, 0) is 13.0 Å². The lowest BCUT2D eigenvalue weighted by atomic mass is 10.0. The Morgan fingerprint density at radius 2 is 2.06 bits per heavy atom. The Labute approximate surface area is 99.1 Å². The molecule has 0 radical (unpaired) electrons. The number of aromatic nitrogens is 1. The fourth-order valence-electron chi connectivity index (χ4n) is 1.75. The molecule has 16 heavy (non-hydrogen) atoms. The summed E-state index contributed by atoms with van der Waals surface area (Å²) in [5.41, 5.74) is 14.7. The van der Waals surface area contributed by atoms with Crippen LogP contribution in [0, 0.1) is 0 Å². The van der Waals surface area contributed by atoms with Crippen LogP contribution in [0.2, 0.25) is 0 Å². The van der Waals surface area contributed by atoms with Crippen molar-refractivity contribution in [1.29, 1.82) is 0 Å². The number of thiazole rings is 1. The van der Waals surface area contributed by atoms with Gasteiger partial charge in [-0.1, -0.05) is 31.2 Å². The van der Waals surface area contributed by atoms with Gasteiger partial charge < -0.3 is 11.5 Å². The van der Waals surface area contributed by atoms with E-state index in [-0.39, 0.29) is 0 Å². The minimum Gasteiger partial charge on any atom is -0.375 e. The summed E-state index contributed by atoms with van der Waals surface area (Å²) in [6, 6.07) is 8.08. The quantitative estimate of drug-likeness (QED) is 0.855. The molecule has 1 aromatic heterocycles. The highest BCUT2D eigenvalue weighted by molar-refractivity contribution is 7.15. The van der Waals surface area contributed by atoms with Crippen molar-refractivity contribution < 1.29 is 0 Å². The summed E-state index contributed by atoms with van der Waals surface area (Å²) in [5.74, 6) is 0. The second-order valence-electron chi connectivity index (χ2n) is 3.54. The molecule has 0 saturated heterocycles. The van der Waals surface area contributed by atoms with Crippen molar-refractivity contribution in [3.63, 3.8) is 0 Å². The molecule has 1 aromatic carbocycles. The number of nitrogens with zero attached hydrogens (tertiary/aromatic N) is 1. The zero-order valence-electron chi connectivity index (χ0n) is 9.23. The van der Waals surface area contributed by atoms with Gasteiger partial charge in [-0.05, 0) is 12.0 Å². The number of nitrogens with two attached hydrogens (primary N) is 2. The largest absolute Gasteiger partial charge is 0.375 e. The van der Waals surface area contributed by atoms with E-state index < -0.39 is 0 Å². The normalized spacial score (nSPS) is 10.6. The third-order valence-corrected chi connectivity index (χ3v) is 3.56. The summed E-state index contributed by atoms with van der Waals surface area (Å²) in [6.07, 6.45) is 0.948. The van der Waals surface area contributed by atoms with E-state index in [1.165, 1.54) is 4.88 Å². The molecule has 0 aliphatic heterocycles. The lowest BCUT2D eigenvalue weighted by Crippen LogP contribution is -1.99. The molecular formula is C12H15N3S. The molecule has 84 valence electrons. The Morgan fingerprint density at radius 1 is 1.31 bits per heavy atom. The molecule has 0 saturated carbocycles. The maximum Gasteiger partial charge on any atom is 0.180 e. The Balaban J connectivity index is 2.57. The molecule has 4 heteroatoms. The van der Waals surface area contributed by atoms with Crippen LogP contribution in [0.15, 0.2) is 24.3 Å². The molecule has 0 fully saturated rings. The lowest BCUT2D eigenvalue weighted by molar-refractivity contribution is 1.07. The first-order valence-electron chi connectivity index (χ1n) is 5.29. The predicted octanol–water partition coefficient (Wildman–Crippen LogP) is 2.41. The molecular weight excluding hydrogens is 218 g/mol. The molecule has 0 bridgehead atoms. The summed E-state index contributed by atoms with van der Waals surface area (Å²) < 4.78 is 0. The van der Waals surface area contributed by atoms with E-state index in [0.717, 1.165) is 23.2 Å². The Bertz CT molecular complexity index is 491. The van der Waals surface area contributed by atoms with Gasteiger partial charge in [-0.2, -0.15) is 0 Å². The van der Waals surface area contributed by atoms with E-state index in [1.807, 2.05) is 18.2 Å². The van der Waals surface area contributed by atoms with Crippen molar-refractivity contribution in [1.82, 2.24) is 4.98 Å². The first kappa shape index (κ1) is 11.1. The average Bonchev–Trinajstić information content (AvgIpc) is 2.70. The minimum atomic E-state index is 0.525. The van der Waals surface area contributed by atoms with Gasteiger partial charge in [0.15, 0.2) is 5.13 Å². The van der Waals surface area contributed by atoms with Gasteiger partial charge in [-0.3, -0.25) is 0 Å². The van der Waals surface area contributed by atoms with Crippen LogP contribution in [0.5, 0.6) is 0 Å². The van der Waals surface area contributed by atoms with E-state index in [4.69, 9.17) is 11.5 Å². The number of hydrogen-bond acceptors (Lipinski definition) is 4. The Hall–Kier alpha value is -1.39. The summed E-state index contributed by atoms with van der Waals surface area (Å²) in [4.78, 5) is 5.62. The zero-order valence-corrected chi connectivity index (χ0v) is 10.1. The average molecular weight is 233 g/mol. The van der Waals surface area contributed by atoms with Gasteiger partial charge in [0.2, 0.25) is 0 Å². The summed E-state index contributed by atoms with van der Waals surface area (Å²) in [7, 11) is 0. The van der Waals surface area contributed by atoms with Gasteiger partial charge in [-0.15, -0.1) is 11.3 Å². The van der Waals surface area contributed by atoms with Gasteiger partial charge in [0.25, 0.3) is 0 Å². The molecule has 3 nitrogen and oxygen atoms in total. The fraction of sp³-hybridized carbons (Fsp3) is 0.250. The molecule has 0 aliphatic rings. The van der Waals surface area contributed by atoms with Crippen molar-refractivity contribution in [3.05, 3.63) is 34.7 Å². The van der Waals surface area contributed by atoms with Gasteiger partial charge in [0, 0.05) is 17.0 Å². The second kappa shape index (κ2) is 4.63. The van der Waals surface area contributed by atoms with Crippen LogP contribution in [0.1, 0.15) is 17.4 Å². The van der Waals surface area contributed by atoms with Crippen LogP contribution < -0.4 is 11.5 Å². The van der Waals surface area contributed by atoms with E-state index in [2.05, 4.69) is 18.0 Å². The molecule has 2 aromatic rings. The topological polar surface area (TPSA) is 64.9 Å². The SMILES string of the molecule is CCc1sc(N)nc1-c1ccccc1CN. The van der Waals surface area contributed by atoms with Crippen LogP contribution in [-0.4, -0.2) is 4.98 Å². The van der Waals surface area contributed by atoms with Gasteiger partial charge in [-0.25, -0.2) is 4.98 Å². The van der Waals surface area contributed by atoms with Gasteiger partial charge in [0.05, 0.1) is 5.69 Å². The number of anilines is 1. The molecule has 0 unspecified atom stereocenters. The number of aryl methyl sites for hydroxylation is 1. The van der Waals surface area contributed by atoms with Gasteiger partial charge in [0.1, 0.15) is 0 Å². The first-order chi connectivity index (χ1) is 7.76. The van der Waals surface area contributed by atoms with Crippen molar-refractivity contribution in [2.24, 2.45) is 5.73 Å². The Morgan fingerprint density at radius 3 is 2.75 bits per heavy atom. The standard InChI is InChI=1S/C12H15N3S/c1-2-10-11(15-12(14)16-10)9-6-4-3-5-8(9)7-13/h3-6H,2,7,13H2,1H3,(H2,14,15). The first-order valence-corrected chi connectivity index (χ1v) is 6.11. The summed E-state index contributed by atoms with van der Waals surface area (Å²) >= 11 is 1.55. The molecule has 0 amide bonds. The highest BCUT2D eigenvalue weighted by Gasteiger charge is 2.12. The summed E-state index contributed by atoms with van der Waals surface area (Å²) in [6.45, 7) is 2.64. The molecule has 0 spiro atoms. The maximum atomic E-state index is 5.76. The van der Waals surface area contributed by atoms with E-state index in [1.54, 1.807) is 11.3 Å². The maximum absolute atomic E-state index is 5.76. The molecule has 1 heterocycles. The van der Waals surface area contributed by atoms with Crippen LogP contribution >= 0.6 is 11.3 Å². The predicted molar refractivity (Wildman–Crippen MR) is 69.2 cm³/mol. The fourth-order valence-corrected chi connectivity index (χ4v) is 2.54. The van der Waals surface area contributed by atoms with Gasteiger partial charge >= 0.3 is 0 Å². The van der Waals surface area contributed by atoms with E-state index in [0.29, 0.717) is 11.7 Å². The molecule has 4 N–H and O–H groups in total. The third kappa shape index (κ3) is 1.94. The van der Waals surface area contributed by atoms with Crippen molar-refractivity contribution in [2.75, 3.05) is 5.73 Å². The highest BCUT2D eigenvalue weighted by Crippen LogP contribution is 2.31. The monoisotopic (exact) mass is 233 g/mol. The number of rotatable bonds is 3. The molecule has 0 aliphatic carbocycles. The Kier molecular flexibility index (Phi) is 3.22. The summed E-state index contributed by atoms with van der Waals surface area (Å²) in [5, 5.41) is 0.624. The second-order valence-corrected chi connectivity index (χ2v) is 4.65. The number of hydrogen-bond donors (Lipinski definition) is 2. The highest BCUT2D eigenvalue weighted by atomic mass is 32.1. The third-order valence-electron chi connectivity index (χ3n) is 2.53. The number of nitrogen functional groups attached to an aromatic ring is 1. The van der Waals surface area contributed by atoms with Crippen LogP contribution in [0.4, 0.5) is 5.13 Å². The van der Waals surface area contributed by atoms with E-state index >= 15 is 0 Å². The number of benzene rings is 1. The van der Waals surface area contributed by atoms with Crippen LogP contribution in [0.25, 0.3) is 11.3 Å². The minimum absolute atomic E-state index is 0.525. The molecule has 2 rings (SSSR count). The zero-order chi connectivity index (χ0) is 11.5. The lowest BCUT2D eigenvalue weighted by Gasteiger charge is -2.06. The molecule has 0 atom stereocenters.